The van der Waals surface area contributed by atoms with Gasteiger partial charge in [0.1, 0.15) is 0 Å². The van der Waals surface area contributed by atoms with Crippen LogP contribution in [-0.2, 0) is 0 Å². The van der Waals surface area contributed by atoms with E-state index in [-0.39, 0.29) is 0 Å². The molecule has 16 heavy (non-hydrogen) atoms. The smallest absolute Gasteiger partial charge is 0.0735 e. The fourth-order valence-electron chi connectivity index (χ4n) is 1.94. The molecule has 1 nitrogen and oxygen atoms in total. The van der Waals surface area contributed by atoms with Crippen molar-refractivity contribution in [2.75, 3.05) is 10.8 Å². The van der Waals surface area contributed by atoms with Crippen LogP contribution >= 0.6 is 11.8 Å². The minimum Gasteiger partial charge on any atom is -0.330 e. The molecule has 2 aromatic carbocycles. The highest BCUT2D eigenvalue weighted by Gasteiger charge is 2.19. The van der Waals surface area contributed by atoms with Crippen LogP contribution < -0.4 is 4.90 Å². The van der Waals surface area contributed by atoms with Gasteiger partial charge in [0.05, 0.1) is 11.6 Å². The lowest BCUT2D eigenvalue weighted by molar-refractivity contribution is 1.17. The Labute approximate surface area is 100 Å². The van der Waals surface area contributed by atoms with Crippen molar-refractivity contribution >= 4 is 23.1 Å². The maximum Gasteiger partial charge on any atom is 0.0735 e. The number of hydrogen-bond acceptors (Lipinski definition) is 2. The Kier molecular flexibility index (Phi) is 2.37. The number of fused-ring (bicyclic) bond motifs is 1. The normalized spacial score (nSPS) is 13.9. The molecule has 2 aromatic rings. The summed E-state index contributed by atoms with van der Waals surface area (Å²) in [5.74, 6) is 1.02. The zero-order chi connectivity index (χ0) is 11.0. The van der Waals surface area contributed by atoms with Crippen LogP contribution in [0.2, 0.25) is 0 Å². The molecule has 0 saturated heterocycles. The lowest BCUT2D eigenvalue weighted by atomic mass is 10.2. The Morgan fingerprint density at radius 2 is 1.75 bits per heavy atom. The minimum atomic E-state index is 1.02. The van der Waals surface area contributed by atoms with Gasteiger partial charge in [0, 0.05) is 10.6 Å². The average molecular weight is 227 g/mol. The van der Waals surface area contributed by atoms with E-state index < -0.39 is 0 Å². The standard InChI is InChI=1S/C14H13NS/c1-11-6-8-12(9-7-11)15-10-16-14-5-3-2-4-13(14)15/h2-9H,10H2,1H3. The van der Waals surface area contributed by atoms with E-state index in [1.807, 2.05) is 11.8 Å². The summed E-state index contributed by atoms with van der Waals surface area (Å²) in [6.07, 6.45) is 0. The summed E-state index contributed by atoms with van der Waals surface area (Å²) in [5.41, 5.74) is 3.92. The van der Waals surface area contributed by atoms with Crippen molar-refractivity contribution in [3.05, 3.63) is 54.1 Å². The number of para-hydroxylation sites is 1. The van der Waals surface area contributed by atoms with Crippen molar-refractivity contribution in [1.29, 1.82) is 0 Å². The van der Waals surface area contributed by atoms with E-state index in [4.69, 9.17) is 0 Å². The summed E-state index contributed by atoms with van der Waals surface area (Å²) < 4.78 is 0. The number of rotatable bonds is 1. The fraction of sp³-hybridized carbons (Fsp3) is 0.143. The average Bonchev–Trinajstić information content (AvgIpc) is 2.74. The second kappa shape index (κ2) is 3.87. The minimum absolute atomic E-state index is 1.02. The van der Waals surface area contributed by atoms with Gasteiger partial charge in [-0.2, -0.15) is 0 Å². The summed E-state index contributed by atoms with van der Waals surface area (Å²) in [6, 6.07) is 17.3. The molecular weight excluding hydrogens is 214 g/mol. The molecule has 0 N–H and O–H groups in total. The predicted molar refractivity (Wildman–Crippen MR) is 70.5 cm³/mol. The molecule has 1 aliphatic heterocycles. The number of thioether (sulfide) groups is 1. The molecule has 0 saturated carbocycles. The van der Waals surface area contributed by atoms with Crippen LogP contribution in [0.15, 0.2) is 53.4 Å². The second-order valence-electron chi connectivity index (χ2n) is 4.00. The lowest BCUT2D eigenvalue weighted by Crippen LogP contribution is -2.11. The quantitative estimate of drug-likeness (QED) is 0.718. The topological polar surface area (TPSA) is 3.24 Å². The van der Waals surface area contributed by atoms with Gasteiger partial charge in [0.15, 0.2) is 0 Å². The van der Waals surface area contributed by atoms with E-state index in [9.17, 15) is 0 Å². The van der Waals surface area contributed by atoms with Crippen LogP contribution in [0.3, 0.4) is 0 Å². The van der Waals surface area contributed by atoms with Crippen LogP contribution in [0.4, 0.5) is 11.4 Å². The maximum atomic E-state index is 2.36. The molecule has 0 unspecified atom stereocenters. The first-order chi connectivity index (χ1) is 7.84. The molecular formula is C14H13NS. The Hall–Kier alpha value is -1.41. The molecule has 0 aliphatic carbocycles. The van der Waals surface area contributed by atoms with E-state index in [1.165, 1.54) is 21.8 Å². The number of anilines is 2. The van der Waals surface area contributed by atoms with E-state index in [2.05, 4.69) is 60.4 Å². The number of hydrogen-bond donors (Lipinski definition) is 0. The number of aryl methyl sites for hydroxylation is 1. The molecule has 0 atom stereocenters. The van der Waals surface area contributed by atoms with Gasteiger partial charge in [0.2, 0.25) is 0 Å². The van der Waals surface area contributed by atoms with Gasteiger partial charge in [-0.15, -0.1) is 11.8 Å². The van der Waals surface area contributed by atoms with E-state index in [0.29, 0.717) is 0 Å². The molecule has 0 radical (unpaired) electrons. The summed E-state index contributed by atoms with van der Waals surface area (Å²) >= 11 is 1.90. The first kappa shape index (κ1) is 9.79. The van der Waals surface area contributed by atoms with Gasteiger partial charge in [-0.05, 0) is 31.2 Å². The van der Waals surface area contributed by atoms with Gasteiger partial charge in [-0.1, -0.05) is 29.8 Å². The van der Waals surface area contributed by atoms with Gasteiger partial charge < -0.3 is 4.90 Å². The molecule has 0 spiro atoms. The Morgan fingerprint density at radius 3 is 2.56 bits per heavy atom. The molecule has 0 aromatic heterocycles. The molecule has 2 heteroatoms. The largest absolute Gasteiger partial charge is 0.330 e. The molecule has 0 amide bonds. The maximum absolute atomic E-state index is 2.36. The summed E-state index contributed by atoms with van der Waals surface area (Å²) in [4.78, 5) is 3.74. The van der Waals surface area contributed by atoms with Gasteiger partial charge in [-0.3, -0.25) is 0 Å². The molecule has 1 aliphatic rings. The van der Waals surface area contributed by atoms with Crippen LogP contribution in [0.5, 0.6) is 0 Å². The Bertz CT molecular complexity index is 504. The predicted octanol–water partition coefficient (Wildman–Crippen LogP) is 4.20. The monoisotopic (exact) mass is 227 g/mol. The highest BCUT2D eigenvalue weighted by Crippen LogP contribution is 2.42. The van der Waals surface area contributed by atoms with Crippen molar-refractivity contribution in [3.8, 4) is 0 Å². The van der Waals surface area contributed by atoms with Crippen molar-refractivity contribution in [1.82, 2.24) is 0 Å². The zero-order valence-electron chi connectivity index (χ0n) is 9.18. The van der Waals surface area contributed by atoms with Crippen LogP contribution in [0.25, 0.3) is 0 Å². The van der Waals surface area contributed by atoms with Gasteiger partial charge >= 0.3 is 0 Å². The van der Waals surface area contributed by atoms with Crippen LogP contribution in [0, 0.1) is 6.92 Å². The lowest BCUT2D eigenvalue weighted by Gasteiger charge is -2.18. The van der Waals surface area contributed by atoms with Crippen LogP contribution in [-0.4, -0.2) is 5.88 Å². The van der Waals surface area contributed by atoms with Gasteiger partial charge in [-0.25, -0.2) is 0 Å². The zero-order valence-corrected chi connectivity index (χ0v) is 10.00. The first-order valence-electron chi connectivity index (χ1n) is 5.40. The van der Waals surface area contributed by atoms with Crippen molar-refractivity contribution in [2.45, 2.75) is 11.8 Å². The third-order valence-electron chi connectivity index (χ3n) is 2.85. The SMILES string of the molecule is Cc1ccc(N2CSc3ccccc32)cc1. The van der Waals surface area contributed by atoms with E-state index >= 15 is 0 Å². The molecule has 0 bridgehead atoms. The van der Waals surface area contributed by atoms with Crippen molar-refractivity contribution in [2.24, 2.45) is 0 Å². The van der Waals surface area contributed by atoms with Crippen LogP contribution in [0.1, 0.15) is 5.56 Å². The Morgan fingerprint density at radius 1 is 1.00 bits per heavy atom. The van der Waals surface area contributed by atoms with E-state index in [1.54, 1.807) is 0 Å². The summed E-state index contributed by atoms with van der Waals surface area (Å²) in [6.45, 7) is 2.12. The second-order valence-corrected chi connectivity index (χ2v) is 4.99. The summed E-state index contributed by atoms with van der Waals surface area (Å²) in [7, 11) is 0. The third-order valence-corrected chi connectivity index (χ3v) is 3.89. The number of benzene rings is 2. The van der Waals surface area contributed by atoms with E-state index in [0.717, 1.165) is 5.88 Å². The highest BCUT2D eigenvalue weighted by atomic mass is 32.2. The fourth-order valence-corrected chi connectivity index (χ4v) is 3.00. The third kappa shape index (κ3) is 1.59. The van der Waals surface area contributed by atoms with Crippen molar-refractivity contribution < 1.29 is 0 Å². The molecule has 0 fully saturated rings. The highest BCUT2D eigenvalue weighted by molar-refractivity contribution is 7.99. The molecule has 80 valence electrons. The molecule has 1 heterocycles. The molecule has 3 rings (SSSR count). The summed E-state index contributed by atoms with van der Waals surface area (Å²) in [5, 5.41) is 0. The first-order valence-corrected chi connectivity index (χ1v) is 6.39. The number of nitrogens with zero attached hydrogens (tertiary/aromatic N) is 1. The van der Waals surface area contributed by atoms with Crippen molar-refractivity contribution in [3.63, 3.8) is 0 Å². The Balaban J connectivity index is 2.01. The van der Waals surface area contributed by atoms with Gasteiger partial charge in [0.25, 0.3) is 0 Å².